The molecule has 2 rings (SSSR count). The average Bonchev–Trinajstić information content (AvgIpc) is 3.13. The molecule has 1 heterocycles. The summed E-state index contributed by atoms with van der Waals surface area (Å²) in [5.41, 5.74) is 0. The van der Waals surface area contributed by atoms with Crippen molar-refractivity contribution >= 4 is 5.91 Å². The lowest BCUT2D eigenvalue weighted by Gasteiger charge is -2.29. The molecule has 17 heavy (non-hydrogen) atoms. The largest absolute Gasteiger partial charge is 0.378 e. The Hall–Kier alpha value is -0.610. The van der Waals surface area contributed by atoms with E-state index in [0.717, 1.165) is 45.3 Å². The van der Waals surface area contributed by atoms with Gasteiger partial charge in [0.2, 0.25) is 5.91 Å². The predicted octanol–water partition coefficient (Wildman–Crippen LogP) is 1.20. The van der Waals surface area contributed by atoms with Crippen LogP contribution in [0.4, 0.5) is 0 Å². The Morgan fingerprint density at radius 2 is 2.12 bits per heavy atom. The van der Waals surface area contributed by atoms with E-state index in [9.17, 15) is 4.79 Å². The van der Waals surface area contributed by atoms with Gasteiger partial charge in [-0.25, -0.2) is 0 Å². The minimum Gasteiger partial charge on any atom is -0.378 e. The molecule has 4 nitrogen and oxygen atoms in total. The number of amides is 1. The van der Waals surface area contributed by atoms with Crippen molar-refractivity contribution < 1.29 is 9.53 Å². The van der Waals surface area contributed by atoms with Crippen molar-refractivity contribution in [1.29, 1.82) is 0 Å². The number of nitrogens with one attached hydrogen (secondary N) is 2. The molecule has 0 aromatic carbocycles. The molecule has 1 saturated heterocycles. The van der Waals surface area contributed by atoms with Crippen molar-refractivity contribution in [3.63, 3.8) is 0 Å². The predicted molar refractivity (Wildman–Crippen MR) is 66.8 cm³/mol. The minimum absolute atomic E-state index is 0.194. The van der Waals surface area contributed by atoms with Gasteiger partial charge in [-0.1, -0.05) is 6.92 Å². The second kappa shape index (κ2) is 6.36. The zero-order valence-corrected chi connectivity index (χ0v) is 10.7. The number of rotatable bonds is 6. The van der Waals surface area contributed by atoms with Gasteiger partial charge in [0, 0.05) is 31.7 Å². The molecule has 2 unspecified atom stereocenters. The van der Waals surface area contributed by atoms with Crippen LogP contribution in [-0.4, -0.2) is 37.2 Å². The number of ether oxygens (including phenoxy) is 1. The molecule has 0 aromatic heterocycles. The molecule has 0 radical (unpaired) electrons. The van der Waals surface area contributed by atoms with E-state index in [0.29, 0.717) is 24.6 Å². The van der Waals surface area contributed by atoms with Crippen molar-refractivity contribution in [3.8, 4) is 0 Å². The van der Waals surface area contributed by atoms with E-state index in [1.165, 1.54) is 0 Å². The highest BCUT2D eigenvalue weighted by Crippen LogP contribution is 2.18. The smallest absolute Gasteiger partial charge is 0.221 e. The van der Waals surface area contributed by atoms with Crippen molar-refractivity contribution in [2.45, 2.75) is 63.6 Å². The highest BCUT2D eigenvalue weighted by molar-refractivity contribution is 5.76. The Labute approximate surface area is 103 Å². The summed E-state index contributed by atoms with van der Waals surface area (Å²) in [6, 6.07) is 1.01. The fraction of sp³-hybridized carbons (Fsp3) is 0.923. The van der Waals surface area contributed by atoms with Gasteiger partial charge in [-0.2, -0.15) is 0 Å². The zero-order valence-electron chi connectivity index (χ0n) is 10.7. The molecule has 2 atom stereocenters. The molecular formula is C13H24N2O2. The highest BCUT2D eigenvalue weighted by Gasteiger charge is 2.23. The van der Waals surface area contributed by atoms with Crippen LogP contribution in [0.2, 0.25) is 0 Å². The molecule has 2 N–H and O–H groups in total. The first kappa shape index (κ1) is 12.8. The maximum atomic E-state index is 11.5. The van der Waals surface area contributed by atoms with Gasteiger partial charge in [-0.3, -0.25) is 4.79 Å². The summed E-state index contributed by atoms with van der Waals surface area (Å²) >= 11 is 0. The van der Waals surface area contributed by atoms with E-state index >= 15 is 0 Å². The molecule has 98 valence electrons. The van der Waals surface area contributed by atoms with Crippen LogP contribution in [0.25, 0.3) is 0 Å². The Bertz CT molecular complexity index is 254. The minimum atomic E-state index is 0.194. The number of hydrogen-bond donors (Lipinski definition) is 2. The molecule has 1 aliphatic heterocycles. The van der Waals surface area contributed by atoms with E-state index in [2.05, 4.69) is 17.6 Å². The third-order valence-corrected chi connectivity index (χ3v) is 3.55. The Kier molecular flexibility index (Phi) is 4.80. The van der Waals surface area contributed by atoms with Gasteiger partial charge in [-0.15, -0.1) is 0 Å². The Morgan fingerprint density at radius 3 is 2.82 bits per heavy atom. The van der Waals surface area contributed by atoms with Gasteiger partial charge in [0.25, 0.3) is 0 Å². The molecular weight excluding hydrogens is 216 g/mol. The first-order chi connectivity index (χ1) is 8.28. The molecule has 0 aromatic rings. The van der Waals surface area contributed by atoms with Crippen molar-refractivity contribution in [1.82, 2.24) is 10.6 Å². The van der Waals surface area contributed by atoms with Crippen molar-refractivity contribution in [2.24, 2.45) is 0 Å². The van der Waals surface area contributed by atoms with Crippen molar-refractivity contribution in [3.05, 3.63) is 0 Å². The summed E-state index contributed by atoms with van der Waals surface area (Å²) in [4.78, 5) is 11.5. The first-order valence-electron chi connectivity index (χ1n) is 6.92. The van der Waals surface area contributed by atoms with E-state index in [1.54, 1.807) is 0 Å². The summed E-state index contributed by atoms with van der Waals surface area (Å²) in [6.07, 6.45) is 6.57. The summed E-state index contributed by atoms with van der Waals surface area (Å²) in [6.45, 7) is 3.81. The highest BCUT2D eigenvalue weighted by atomic mass is 16.5. The van der Waals surface area contributed by atoms with Crippen LogP contribution in [0.15, 0.2) is 0 Å². The third-order valence-electron chi connectivity index (χ3n) is 3.55. The van der Waals surface area contributed by atoms with Gasteiger partial charge in [0.1, 0.15) is 0 Å². The van der Waals surface area contributed by atoms with Crippen LogP contribution >= 0.6 is 0 Å². The summed E-state index contributed by atoms with van der Waals surface area (Å²) in [5.74, 6) is 0.194. The SMILES string of the molecule is CCC1CC(NCCC(=O)NC2CC2)CCO1. The summed E-state index contributed by atoms with van der Waals surface area (Å²) in [5, 5.41) is 6.48. The van der Waals surface area contributed by atoms with Crippen LogP contribution in [0.1, 0.15) is 45.4 Å². The van der Waals surface area contributed by atoms with Crippen LogP contribution < -0.4 is 10.6 Å². The maximum absolute atomic E-state index is 11.5. The quantitative estimate of drug-likeness (QED) is 0.733. The molecule has 0 bridgehead atoms. The summed E-state index contributed by atoms with van der Waals surface area (Å²) < 4.78 is 5.63. The van der Waals surface area contributed by atoms with Crippen LogP contribution in [0.5, 0.6) is 0 Å². The van der Waals surface area contributed by atoms with E-state index in [-0.39, 0.29) is 5.91 Å². The van der Waals surface area contributed by atoms with E-state index in [4.69, 9.17) is 4.74 Å². The topological polar surface area (TPSA) is 50.4 Å². The fourth-order valence-electron chi connectivity index (χ4n) is 2.27. The molecule has 2 fully saturated rings. The van der Waals surface area contributed by atoms with Crippen molar-refractivity contribution in [2.75, 3.05) is 13.2 Å². The Balaban J connectivity index is 1.55. The van der Waals surface area contributed by atoms with Crippen LogP contribution in [0.3, 0.4) is 0 Å². The molecule has 2 aliphatic rings. The van der Waals surface area contributed by atoms with E-state index in [1.807, 2.05) is 0 Å². The molecule has 1 amide bonds. The fourth-order valence-corrected chi connectivity index (χ4v) is 2.27. The van der Waals surface area contributed by atoms with Gasteiger partial charge in [0.15, 0.2) is 0 Å². The lowest BCUT2D eigenvalue weighted by molar-refractivity contribution is -0.121. The maximum Gasteiger partial charge on any atom is 0.221 e. The average molecular weight is 240 g/mol. The van der Waals surface area contributed by atoms with Crippen LogP contribution in [-0.2, 0) is 9.53 Å². The summed E-state index contributed by atoms with van der Waals surface area (Å²) in [7, 11) is 0. The standard InChI is InChI=1S/C13H24N2O2/c1-2-12-9-11(6-8-17-12)14-7-5-13(16)15-10-3-4-10/h10-12,14H,2-9H2,1H3,(H,15,16). The molecule has 1 aliphatic carbocycles. The third kappa shape index (κ3) is 4.64. The van der Waals surface area contributed by atoms with Gasteiger partial charge in [0.05, 0.1) is 6.10 Å². The monoisotopic (exact) mass is 240 g/mol. The van der Waals surface area contributed by atoms with Gasteiger partial charge >= 0.3 is 0 Å². The second-order valence-electron chi connectivity index (χ2n) is 5.17. The first-order valence-corrected chi connectivity index (χ1v) is 6.92. The Morgan fingerprint density at radius 1 is 1.29 bits per heavy atom. The molecule has 0 spiro atoms. The lowest BCUT2D eigenvalue weighted by Crippen LogP contribution is -2.40. The number of carbonyl (C=O) groups is 1. The van der Waals surface area contributed by atoms with Crippen LogP contribution in [0, 0.1) is 0 Å². The normalized spacial score (nSPS) is 29.0. The number of hydrogen-bond acceptors (Lipinski definition) is 3. The van der Waals surface area contributed by atoms with E-state index < -0.39 is 0 Å². The van der Waals surface area contributed by atoms with Gasteiger partial charge in [-0.05, 0) is 32.1 Å². The molecule has 1 saturated carbocycles. The second-order valence-corrected chi connectivity index (χ2v) is 5.17. The lowest BCUT2D eigenvalue weighted by atomic mass is 10.0. The van der Waals surface area contributed by atoms with Gasteiger partial charge < -0.3 is 15.4 Å². The zero-order chi connectivity index (χ0) is 12.1. The number of carbonyl (C=O) groups excluding carboxylic acids is 1. The molecule has 4 heteroatoms.